The van der Waals surface area contributed by atoms with Crippen LogP contribution in [0.1, 0.15) is 13.3 Å². The SMILES string of the molecule is C[C@@H]1C[C@@H](Cn2ccc3nc(-c4cn[nH]c4)ccc32)CN1S(=O)(=O)c1ccccc1F. The van der Waals surface area contributed by atoms with E-state index in [9.17, 15) is 12.8 Å². The van der Waals surface area contributed by atoms with Crippen LogP contribution in [0.25, 0.3) is 22.3 Å². The van der Waals surface area contributed by atoms with Crippen LogP contribution in [0.2, 0.25) is 0 Å². The van der Waals surface area contributed by atoms with E-state index in [4.69, 9.17) is 4.98 Å². The highest BCUT2D eigenvalue weighted by Gasteiger charge is 2.39. The van der Waals surface area contributed by atoms with Crippen molar-refractivity contribution in [2.75, 3.05) is 6.54 Å². The minimum absolute atomic E-state index is 0.126. The van der Waals surface area contributed by atoms with Gasteiger partial charge in [-0.2, -0.15) is 9.40 Å². The minimum atomic E-state index is -3.88. The number of hydrogen-bond acceptors (Lipinski definition) is 4. The number of hydrogen-bond donors (Lipinski definition) is 1. The lowest BCUT2D eigenvalue weighted by Crippen LogP contribution is -2.34. The van der Waals surface area contributed by atoms with Crippen molar-refractivity contribution in [1.82, 2.24) is 24.1 Å². The quantitative estimate of drug-likeness (QED) is 0.514. The standard InChI is InChI=1S/C22H22FN5O2S/c1-15-10-16(14-28(15)31(29,30)22-5-3-2-4-18(22)23)13-27-9-8-20-21(27)7-6-19(26-20)17-11-24-25-12-17/h2-9,11-12,15-16H,10,13-14H2,1H3,(H,24,25)/t15-,16+/m1/s1. The second-order valence-electron chi connectivity index (χ2n) is 8.01. The van der Waals surface area contributed by atoms with Crippen LogP contribution in [0.4, 0.5) is 4.39 Å². The highest BCUT2D eigenvalue weighted by Crippen LogP contribution is 2.32. The van der Waals surface area contributed by atoms with E-state index in [0.717, 1.165) is 22.3 Å². The van der Waals surface area contributed by atoms with Gasteiger partial charge >= 0.3 is 0 Å². The fourth-order valence-electron chi connectivity index (χ4n) is 4.42. The molecule has 1 saturated heterocycles. The van der Waals surface area contributed by atoms with Gasteiger partial charge in [0, 0.05) is 37.1 Å². The van der Waals surface area contributed by atoms with Crippen molar-refractivity contribution >= 4 is 21.1 Å². The maximum absolute atomic E-state index is 14.2. The van der Waals surface area contributed by atoms with Crippen molar-refractivity contribution in [3.8, 4) is 11.3 Å². The van der Waals surface area contributed by atoms with Gasteiger partial charge in [0.05, 0.1) is 22.9 Å². The summed E-state index contributed by atoms with van der Waals surface area (Å²) >= 11 is 0. The van der Waals surface area contributed by atoms with Crippen LogP contribution in [0.5, 0.6) is 0 Å². The molecule has 31 heavy (non-hydrogen) atoms. The minimum Gasteiger partial charge on any atom is -0.346 e. The number of benzene rings is 1. The van der Waals surface area contributed by atoms with E-state index in [2.05, 4.69) is 14.8 Å². The van der Waals surface area contributed by atoms with Crippen molar-refractivity contribution in [3.05, 3.63) is 66.9 Å². The van der Waals surface area contributed by atoms with Gasteiger partial charge in [0.1, 0.15) is 10.7 Å². The van der Waals surface area contributed by atoms with Gasteiger partial charge in [0.15, 0.2) is 0 Å². The molecule has 0 radical (unpaired) electrons. The smallest absolute Gasteiger partial charge is 0.246 e. The largest absolute Gasteiger partial charge is 0.346 e. The number of nitrogens with zero attached hydrogens (tertiary/aromatic N) is 4. The summed E-state index contributed by atoms with van der Waals surface area (Å²) in [4.78, 5) is 4.44. The molecule has 0 spiro atoms. The molecule has 0 saturated carbocycles. The zero-order valence-electron chi connectivity index (χ0n) is 16.9. The molecule has 1 N–H and O–H groups in total. The average Bonchev–Trinajstić information content (AvgIpc) is 3.49. The molecule has 0 unspecified atom stereocenters. The molecule has 1 aliphatic rings. The van der Waals surface area contributed by atoms with Crippen molar-refractivity contribution < 1.29 is 12.8 Å². The Morgan fingerprint density at radius 2 is 2.03 bits per heavy atom. The highest BCUT2D eigenvalue weighted by molar-refractivity contribution is 7.89. The number of rotatable bonds is 5. The van der Waals surface area contributed by atoms with Gasteiger partial charge in [-0.05, 0) is 49.6 Å². The van der Waals surface area contributed by atoms with Crippen LogP contribution in [0, 0.1) is 11.7 Å². The third-order valence-electron chi connectivity index (χ3n) is 5.90. The predicted octanol–water partition coefficient (Wildman–Crippen LogP) is 3.66. The van der Waals surface area contributed by atoms with Crippen LogP contribution in [-0.2, 0) is 16.6 Å². The lowest BCUT2D eigenvalue weighted by molar-refractivity contribution is 0.396. The van der Waals surface area contributed by atoms with Crippen molar-refractivity contribution in [1.29, 1.82) is 0 Å². The molecule has 2 atom stereocenters. The molecule has 160 valence electrons. The van der Waals surface area contributed by atoms with Crippen LogP contribution in [-0.4, -0.2) is 45.1 Å². The summed E-state index contributed by atoms with van der Waals surface area (Å²) < 4.78 is 43.8. The summed E-state index contributed by atoms with van der Waals surface area (Å²) in [5.74, 6) is -0.588. The average molecular weight is 440 g/mol. The molecular weight excluding hydrogens is 417 g/mol. The first-order valence-corrected chi connectivity index (χ1v) is 11.6. The Balaban J connectivity index is 1.37. The molecule has 5 rings (SSSR count). The highest BCUT2D eigenvalue weighted by atomic mass is 32.2. The van der Waals surface area contributed by atoms with Gasteiger partial charge in [-0.3, -0.25) is 5.10 Å². The van der Waals surface area contributed by atoms with Gasteiger partial charge < -0.3 is 4.57 Å². The fourth-order valence-corrected chi connectivity index (χ4v) is 6.20. The molecule has 1 aliphatic heterocycles. The Morgan fingerprint density at radius 1 is 1.19 bits per heavy atom. The van der Waals surface area contributed by atoms with E-state index in [1.165, 1.54) is 22.5 Å². The van der Waals surface area contributed by atoms with Crippen molar-refractivity contribution in [2.45, 2.75) is 30.8 Å². The van der Waals surface area contributed by atoms with Crippen LogP contribution in [0.3, 0.4) is 0 Å². The summed E-state index contributed by atoms with van der Waals surface area (Å²) in [7, 11) is -3.88. The van der Waals surface area contributed by atoms with E-state index in [0.29, 0.717) is 19.5 Å². The first-order chi connectivity index (χ1) is 14.9. The number of aromatic nitrogens is 4. The maximum atomic E-state index is 14.2. The Hall–Kier alpha value is -3.04. The van der Waals surface area contributed by atoms with Gasteiger partial charge in [-0.1, -0.05) is 12.1 Å². The van der Waals surface area contributed by atoms with Gasteiger partial charge in [-0.25, -0.2) is 17.8 Å². The first kappa shape index (κ1) is 19.9. The monoisotopic (exact) mass is 439 g/mol. The van der Waals surface area contributed by atoms with E-state index < -0.39 is 15.8 Å². The number of H-pyrrole nitrogens is 1. The number of pyridine rings is 1. The Bertz CT molecular complexity index is 1330. The van der Waals surface area contributed by atoms with E-state index in [1.807, 2.05) is 31.3 Å². The number of halogens is 1. The summed E-state index contributed by atoms with van der Waals surface area (Å²) in [6.45, 7) is 2.91. The van der Waals surface area contributed by atoms with Crippen LogP contribution in [0.15, 0.2) is 66.0 Å². The lowest BCUT2D eigenvalue weighted by atomic mass is 10.1. The van der Waals surface area contributed by atoms with E-state index in [1.54, 1.807) is 18.5 Å². The van der Waals surface area contributed by atoms with Crippen molar-refractivity contribution in [2.24, 2.45) is 5.92 Å². The Morgan fingerprint density at radius 3 is 2.81 bits per heavy atom. The second-order valence-corrected chi connectivity index (χ2v) is 9.87. The van der Waals surface area contributed by atoms with Crippen LogP contribution >= 0.6 is 0 Å². The molecule has 1 aromatic carbocycles. The summed E-state index contributed by atoms with van der Waals surface area (Å²) in [5.41, 5.74) is 3.64. The third kappa shape index (κ3) is 3.53. The zero-order valence-corrected chi connectivity index (χ0v) is 17.8. The number of sulfonamides is 1. The number of nitrogens with one attached hydrogen (secondary N) is 1. The van der Waals surface area contributed by atoms with Gasteiger partial charge in [0.25, 0.3) is 0 Å². The van der Waals surface area contributed by atoms with Crippen LogP contribution < -0.4 is 0 Å². The number of aromatic amines is 1. The maximum Gasteiger partial charge on any atom is 0.246 e. The molecule has 9 heteroatoms. The second kappa shape index (κ2) is 7.58. The zero-order chi connectivity index (χ0) is 21.6. The van der Waals surface area contributed by atoms with Crippen molar-refractivity contribution in [3.63, 3.8) is 0 Å². The normalized spacial score (nSPS) is 19.9. The molecule has 3 aromatic heterocycles. The molecule has 0 amide bonds. The molecule has 4 heterocycles. The van der Waals surface area contributed by atoms with E-state index in [-0.39, 0.29) is 16.9 Å². The summed E-state index contributed by atoms with van der Waals surface area (Å²) in [6.07, 6.45) is 6.23. The summed E-state index contributed by atoms with van der Waals surface area (Å²) in [6, 6.07) is 11.3. The number of fused-ring (bicyclic) bond motifs is 1. The Kier molecular flexibility index (Phi) is 4.86. The van der Waals surface area contributed by atoms with E-state index >= 15 is 0 Å². The van der Waals surface area contributed by atoms with Gasteiger partial charge in [0.2, 0.25) is 10.0 Å². The molecule has 4 aromatic rings. The molecule has 7 nitrogen and oxygen atoms in total. The fraction of sp³-hybridized carbons (Fsp3) is 0.273. The third-order valence-corrected chi connectivity index (χ3v) is 7.91. The molecule has 1 fully saturated rings. The predicted molar refractivity (Wildman–Crippen MR) is 115 cm³/mol. The Labute approximate surface area is 179 Å². The molecule has 0 bridgehead atoms. The lowest BCUT2D eigenvalue weighted by Gasteiger charge is -2.21. The van der Waals surface area contributed by atoms with Gasteiger partial charge in [-0.15, -0.1) is 0 Å². The summed E-state index contributed by atoms with van der Waals surface area (Å²) in [5, 5.41) is 6.76. The molecular formula is C22H22FN5O2S. The molecule has 0 aliphatic carbocycles. The first-order valence-electron chi connectivity index (χ1n) is 10.1. The topological polar surface area (TPSA) is 83.9 Å².